The SMILES string of the molecule is CNC(=O)c1ccc(NC(=O)[C@@H](C)n2cnc3ccccc32)cc1. The van der Waals surface area contributed by atoms with Gasteiger partial charge in [0.25, 0.3) is 5.91 Å². The van der Waals surface area contributed by atoms with Gasteiger partial charge in [0.15, 0.2) is 0 Å². The van der Waals surface area contributed by atoms with Gasteiger partial charge in [-0.25, -0.2) is 4.98 Å². The maximum absolute atomic E-state index is 12.5. The Bertz CT molecular complexity index is 883. The zero-order chi connectivity index (χ0) is 17.1. The van der Waals surface area contributed by atoms with Gasteiger partial charge in [-0.2, -0.15) is 0 Å². The van der Waals surface area contributed by atoms with E-state index in [0.29, 0.717) is 11.3 Å². The molecule has 6 heteroatoms. The minimum absolute atomic E-state index is 0.147. The van der Waals surface area contributed by atoms with E-state index in [-0.39, 0.29) is 11.8 Å². The number of benzene rings is 2. The van der Waals surface area contributed by atoms with E-state index in [2.05, 4.69) is 15.6 Å². The van der Waals surface area contributed by atoms with Crippen LogP contribution in [0.25, 0.3) is 11.0 Å². The fourth-order valence-electron chi connectivity index (χ4n) is 2.51. The number of fused-ring (bicyclic) bond motifs is 1. The van der Waals surface area contributed by atoms with E-state index >= 15 is 0 Å². The van der Waals surface area contributed by atoms with Crippen LogP contribution < -0.4 is 10.6 Å². The van der Waals surface area contributed by atoms with E-state index in [9.17, 15) is 9.59 Å². The Hall–Kier alpha value is -3.15. The largest absolute Gasteiger partial charge is 0.355 e. The number of hydrogen-bond donors (Lipinski definition) is 2. The monoisotopic (exact) mass is 322 g/mol. The van der Waals surface area contributed by atoms with Crippen LogP contribution in [-0.4, -0.2) is 28.4 Å². The molecule has 0 aliphatic carbocycles. The summed E-state index contributed by atoms with van der Waals surface area (Å²) in [5.74, 6) is -0.308. The van der Waals surface area contributed by atoms with Crippen LogP contribution in [0.2, 0.25) is 0 Å². The van der Waals surface area contributed by atoms with Crippen molar-refractivity contribution in [2.45, 2.75) is 13.0 Å². The number of carbonyl (C=O) groups excluding carboxylic acids is 2. The van der Waals surface area contributed by atoms with Crippen molar-refractivity contribution in [3.05, 3.63) is 60.4 Å². The molecule has 24 heavy (non-hydrogen) atoms. The molecular weight excluding hydrogens is 304 g/mol. The smallest absolute Gasteiger partial charge is 0.251 e. The number of imidazole rings is 1. The van der Waals surface area contributed by atoms with Crippen LogP contribution in [0, 0.1) is 0 Å². The van der Waals surface area contributed by atoms with E-state index in [0.717, 1.165) is 11.0 Å². The molecule has 0 bridgehead atoms. The Morgan fingerprint density at radius 2 is 1.79 bits per heavy atom. The number of nitrogens with one attached hydrogen (secondary N) is 2. The molecule has 0 unspecified atom stereocenters. The fraction of sp³-hybridized carbons (Fsp3) is 0.167. The molecule has 0 fully saturated rings. The number of carbonyl (C=O) groups is 2. The van der Waals surface area contributed by atoms with Crippen molar-refractivity contribution in [1.29, 1.82) is 0 Å². The number of amides is 2. The molecule has 0 saturated carbocycles. The summed E-state index contributed by atoms with van der Waals surface area (Å²) in [7, 11) is 1.58. The number of para-hydroxylation sites is 2. The lowest BCUT2D eigenvalue weighted by Gasteiger charge is -2.14. The van der Waals surface area contributed by atoms with Gasteiger partial charge in [-0.1, -0.05) is 12.1 Å². The number of nitrogens with zero attached hydrogens (tertiary/aromatic N) is 2. The average Bonchev–Trinajstić information content (AvgIpc) is 3.05. The molecule has 2 N–H and O–H groups in total. The van der Waals surface area contributed by atoms with Gasteiger partial charge in [-0.15, -0.1) is 0 Å². The summed E-state index contributed by atoms with van der Waals surface area (Å²) in [6, 6.07) is 14.0. The first-order chi connectivity index (χ1) is 11.6. The van der Waals surface area contributed by atoms with Gasteiger partial charge >= 0.3 is 0 Å². The van der Waals surface area contributed by atoms with E-state index in [1.165, 1.54) is 0 Å². The van der Waals surface area contributed by atoms with E-state index in [1.54, 1.807) is 37.6 Å². The second-order valence-electron chi connectivity index (χ2n) is 5.46. The molecular formula is C18H18N4O2. The lowest BCUT2D eigenvalue weighted by molar-refractivity contribution is -0.118. The van der Waals surface area contributed by atoms with Crippen molar-refractivity contribution in [3.8, 4) is 0 Å². The molecule has 1 atom stereocenters. The predicted octanol–water partition coefficient (Wildman–Crippen LogP) is 2.60. The second kappa shape index (κ2) is 6.54. The van der Waals surface area contributed by atoms with Gasteiger partial charge in [0.1, 0.15) is 6.04 Å². The normalized spacial score (nSPS) is 11.9. The van der Waals surface area contributed by atoms with Crippen LogP contribution in [0.4, 0.5) is 5.69 Å². The summed E-state index contributed by atoms with van der Waals surface area (Å²) >= 11 is 0. The van der Waals surface area contributed by atoms with Gasteiger partial charge in [0, 0.05) is 18.3 Å². The third-order valence-corrected chi connectivity index (χ3v) is 3.92. The molecule has 0 spiro atoms. The van der Waals surface area contributed by atoms with Crippen molar-refractivity contribution in [1.82, 2.24) is 14.9 Å². The summed E-state index contributed by atoms with van der Waals surface area (Å²) in [6.07, 6.45) is 1.67. The molecule has 0 aliphatic rings. The fourth-order valence-corrected chi connectivity index (χ4v) is 2.51. The van der Waals surface area contributed by atoms with Crippen LogP contribution in [0.15, 0.2) is 54.9 Å². The van der Waals surface area contributed by atoms with Crippen LogP contribution in [0.5, 0.6) is 0 Å². The molecule has 3 rings (SSSR count). The van der Waals surface area contributed by atoms with Gasteiger partial charge in [-0.05, 0) is 43.3 Å². The molecule has 3 aromatic rings. The summed E-state index contributed by atoms with van der Waals surface area (Å²) in [6.45, 7) is 1.82. The molecule has 2 amide bonds. The highest BCUT2D eigenvalue weighted by molar-refractivity contribution is 5.97. The Balaban J connectivity index is 1.75. The molecule has 1 heterocycles. The van der Waals surface area contributed by atoms with Gasteiger partial charge in [-0.3, -0.25) is 9.59 Å². The minimum Gasteiger partial charge on any atom is -0.355 e. The molecule has 1 aromatic heterocycles. The number of aromatic nitrogens is 2. The highest BCUT2D eigenvalue weighted by Crippen LogP contribution is 2.19. The van der Waals surface area contributed by atoms with Gasteiger partial charge in [0.2, 0.25) is 5.91 Å². The quantitative estimate of drug-likeness (QED) is 0.775. The zero-order valence-corrected chi connectivity index (χ0v) is 13.5. The molecule has 0 saturated heterocycles. The van der Waals surface area contributed by atoms with E-state index in [1.807, 2.05) is 35.8 Å². The lowest BCUT2D eigenvalue weighted by atomic mass is 10.2. The summed E-state index contributed by atoms with van der Waals surface area (Å²) in [5.41, 5.74) is 2.95. The minimum atomic E-state index is -0.406. The molecule has 6 nitrogen and oxygen atoms in total. The van der Waals surface area contributed by atoms with Crippen molar-refractivity contribution >= 4 is 28.5 Å². The number of anilines is 1. The Kier molecular flexibility index (Phi) is 4.29. The van der Waals surface area contributed by atoms with Crippen LogP contribution in [0.3, 0.4) is 0 Å². The second-order valence-corrected chi connectivity index (χ2v) is 5.46. The van der Waals surface area contributed by atoms with E-state index < -0.39 is 6.04 Å². The Morgan fingerprint density at radius 1 is 1.08 bits per heavy atom. The predicted molar refractivity (Wildman–Crippen MR) is 92.9 cm³/mol. The Morgan fingerprint density at radius 3 is 2.50 bits per heavy atom. The molecule has 2 aromatic carbocycles. The van der Waals surface area contributed by atoms with Crippen molar-refractivity contribution in [3.63, 3.8) is 0 Å². The van der Waals surface area contributed by atoms with Gasteiger partial charge < -0.3 is 15.2 Å². The number of rotatable bonds is 4. The standard InChI is InChI=1S/C18H18N4O2/c1-12(22-11-20-15-5-3-4-6-16(15)22)17(23)21-14-9-7-13(8-10-14)18(24)19-2/h3-12H,1-2H3,(H,19,24)(H,21,23)/t12-/m1/s1. The third kappa shape index (κ3) is 2.99. The molecule has 0 aliphatic heterocycles. The van der Waals surface area contributed by atoms with Crippen molar-refractivity contribution in [2.24, 2.45) is 0 Å². The first-order valence-corrected chi connectivity index (χ1v) is 7.64. The maximum Gasteiger partial charge on any atom is 0.251 e. The zero-order valence-electron chi connectivity index (χ0n) is 13.5. The van der Waals surface area contributed by atoms with Crippen molar-refractivity contribution in [2.75, 3.05) is 12.4 Å². The van der Waals surface area contributed by atoms with Crippen LogP contribution in [-0.2, 0) is 4.79 Å². The summed E-state index contributed by atoms with van der Waals surface area (Å²) < 4.78 is 1.84. The molecule has 122 valence electrons. The highest BCUT2D eigenvalue weighted by Gasteiger charge is 2.17. The average molecular weight is 322 g/mol. The van der Waals surface area contributed by atoms with E-state index in [4.69, 9.17) is 0 Å². The van der Waals surface area contributed by atoms with Gasteiger partial charge in [0.05, 0.1) is 17.4 Å². The topological polar surface area (TPSA) is 76.0 Å². The third-order valence-electron chi connectivity index (χ3n) is 3.92. The summed E-state index contributed by atoms with van der Waals surface area (Å²) in [5, 5.41) is 5.42. The van der Waals surface area contributed by atoms with Crippen LogP contribution >= 0.6 is 0 Å². The summed E-state index contributed by atoms with van der Waals surface area (Å²) in [4.78, 5) is 28.3. The number of hydrogen-bond acceptors (Lipinski definition) is 3. The lowest BCUT2D eigenvalue weighted by Crippen LogP contribution is -2.23. The highest BCUT2D eigenvalue weighted by atomic mass is 16.2. The molecule has 0 radical (unpaired) electrons. The Labute approximate surface area is 139 Å². The van der Waals surface area contributed by atoms with Crippen LogP contribution in [0.1, 0.15) is 23.3 Å². The van der Waals surface area contributed by atoms with Crippen molar-refractivity contribution < 1.29 is 9.59 Å². The first-order valence-electron chi connectivity index (χ1n) is 7.64. The maximum atomic E-state index is 12.5. The first kappa shape index (κ1) is 15.7.